The van der Waals surface area contributed by atoms with Gasteiger partial charge in [-0.05, 0) is 32.6 Å². The summed E-state index contributed by atoms with van der Waals surface area (Å²) in [6, 6.07) is 0.499. The average molecular weight is 226 g/mol. The highest BCUT2D eigenvalue weighted by Crippen LogP contribution is 2.23. The van der Waals surface area contributed by atoms with Gasteiger partial charge in [0.25, 0.3) is 0 Å². The topological polar surface area (TPSA) is 32.3 Å². The van der Waals surface area contributed by atoms with Crippen LogP contribution in [0, 0.1) is 5.92 Å². The predicted molar refractivity (Wildman–Crippen MR) is 67.5 cm³/mol. The van der Waals surface area contributed by atoms with E-state index in [-0.39, 0.29) is 6.03 Å². The quantitative estimate of drug-likeness (QED) is 0.737. The van der Waals surface area contributed by atoms with Crippen LogP contribution in [0.15, 0.2) is 0 Å². The van der Waals surface area contributed by atoms with Gasteiger partial charge >= 0.3 is 6.03 Å². The van der Waals surface area contributed by atoms with Crippen molar-refractivity contribution in [1.29, 1.82) is 0 Å². The normalized spacial score (nSPS) is 25.9. The largest absolute Gasteiger partial charge is 0.335 e. The molecular weight excluding hydrogens is 200 g/mol. The van der Waals surface area contributed by atoms with Gasteiger partial charge in [-0.1, -0.05) is 26.2 Å². The van der Waals surface area contributed by atoms with Gasteiger partial charge in [0.15, 0.2) is 0 Å². The van der Waals surface area contributed by atoms with E-state index in [1.165, 1.54) is 25.7 Å². The predicted octanol–water partition coefficient (Wildman–Crippen LogP) is 3.01. The zero-order chi connectivity index (χ0) is 12.0. The van der Waals surface area contributed by atoms with E-state index in [1.807, 2.05) is 18.7 Å². The van der Waals surface area contributed by atoms with Crippen LogP contribution in [0.5, 0.6) is 0 Å². The van der Waals surface area contributed by atoms with Crippen molar-refractivity contribution in [2.24, 2.45) is 5.92 Å². The smallest absolute Gasteiger partial charge is 0.317 e. The molecule has 1 fully saturated rings. The molecule has 2 unspecified atom stereocenters. The Labute approximate surface area is 99.6 Å². The van der Waals surface area contributed by atoms with Crippen LogP contribution in [-0.4, -0.2) is 30.1 Å². The van der Waals surface area contributed by atoms with Crippen molar-refractivity contribution in [3.63, 3.8) is 0 Å². The SMILES string of the molecule is CCN(CC)C(=O)NC1CCCCCC1C. The van der Waals surface area contributed by atoms with E-state index >= 15 is 0 Å². The van der Waals surface area contributed by atoms with Gasteiger partial charge in [-0.25, -0.2) is 4.79 Å². The molecule has 0 spiro atoms. The first-order valence-electron chi connectivity index (χ1n) is 6.74. The molecule has 0 aromatic heterocycles. The molecule has 0 saturated heterocycles. The summed E-state index contributed by atoms with van der Waals surface area (Å²) in [4.78, 5) is 13.8. The van der Waals surface area contributed by atoms with E-state index in [4.69, 9.17) is 0 Å². The standard InChI is InChI=1S/C13H26N2O/c1-4-15(5-2)13(16)14-12-10-8-6-7-9-11(12)3/h11-12H,4-10H2,1-3H3,(H,14,16). The number of hydrogen-bond acceptors (Lipinski definition) is 1. The summed E-state index contributed by atoms with van der Waals surface area (Å²) in [6.07, 6.45) is 6.30. The summed E-state index contributed by atoms with van der Waals surface area (Å²) in [5.74, 6) is 0.627. The van der Waals surface area contributed by atoms with E-state index in [1.54, 1.807) is 0 Å². The van der Waals surface area contributed by atoms with Crippen molar-refractivity contribution in [2.75, 3.05) is 13.1 Å². The number of carbonyl (C=O) groups excluding carboxylic acids is 1. The Bertz CT molecular complexity index is 214. The van der Waals surface area contributed by atoms with Gasteiger partial charge in [0.1, 0.15) is 0 Å². The van der Waals surface area contributed by atoms with Gasteiger partial charge in [0.2, 0.25) is 0 Å². The van der Waals surface area contributed by atoms with Crippen molar-refractivity contribution in [3.8, 4) is 0 Å². The number of hydrogen-bond donors (Lipinski definition) is 1. The molecule has 1 aliphatic carbocycles. The molecule has 0 radical (unpaired) electrons. The molecule has 3 nitrogen and oxygen atoms in total. The van der Waals surface area contributed by atoms with Crippen LogP contribution in [0.25, 0.3) is 0 Å². The number of carbonyl (C=O) groups is 1. The Morgan fingerprint density at radius 2 is 1.81 bits per heavy atom. The first kappa shape index (κ1) is 13.3. The van der Waals surface area contributed by atoms with Crippen LogP contribution in [-0.2, 0) is 0 Å². The van der Waals surface area contributed by atoms with Crippen molar-refractivity contribution >= 4 is 6.03 Å². The molecule has 94 valence electrons. The van der Waals surface area contributed by atoms with Crippen LogP contribution >= 0.6 is 0 Å². The van der Waals surface area contributed by atoms with Crippen LogP contribution in [0.2, 0.25) is 0 Å². The number of urea groups is 1. The summed E-state index contributed by atoms with van der Waals surface area (Å²) in [7, 11) is 0. The summed E-state index contributed by atoms with van der Waals surface area (Å²) >= 11 is 0. The Kier molecular flexibility index (Phi) is 5.64. The lowest BCUT2D eigenvalue weighted by Gasteiger charge is -2.27. The number of nitrogens with zero attached hydrogens (tertiary/aromatic N) is 1. The molecular formula is C13H26N2O. The van der Waals surface area contributed by atoms with E-state index in [0.717, 1.165) is 19.5 Å². The molecule has 1 aliphatic rings. The molecule has 16 heavy (non-hydrogen) atoms. The molecule has 0 aliphatic heterocycles. The maximum Gasteiger partial charge on any atom is 0.317 e. The Hall–Kier alpha value is -0.730. The van der Waals surface area contributed by atoms with Crippen LogP contribution in [0.1, 0.15) is 52.9 Å². The molecule has 0 aromatic rings. The molecule has 0 heterocycles. The summed E-state index contributed by atoms with van der Waals surface area (Å²) in [6.45, 7) is 7.91. The van der Waals surface area contributed by atoms with Crippen molar-refractivity contribution in [3.05, 3.63) is 0 Å². The summed E-state index contributed by atoms with van der Waals surface area (Å²) in [5.41, 5.74) is 0. The van der Waals surface area contributed by atoms with E-state index in [2.05, 4.69) is 12.2 Å². The third-order valence-corrected chi connectivity index (χ3v) is 3.72. The van der Waals surface area contributed by atoms with Crippen molar-refractivity contribution in [2.45, 2.75) is 58.9 Å². The van der Waals surface area contributed by atoms with E-state index < -0.39 is 0 Å². The lowest BCUT2D eigenvalue weighted by molar-refractivity contribution is 0.193. The maximum absolute atomic E-state index is 11.9. The molecule has 2 atom stereocenters. The first-order valence-corrected chi connectivity index (χ1v) is 6.74. The fourth-order valence-electron chi connectivity index (χ4n) is 2.47. The molecule has 1 saturated carbocycles. The zero-order valence-electron chi connectivity index (χ0n) is 11.0. The van der Waals surface area contributed by atoms with Gasteiger partial charge in [0, 0.05) is 19.1 Å². The highest BCUT2D eigenvalue weighted by atomic mass is 16.2. The van der Waals surface area contributed by atoms with Gasteiger partial charge in [0.05, 0.1) is 0 Å². The second-order valence-corrected chi connectivity index (χ2v) is 4.84. The first-order chi connectivity index (χ1) is 7.69. The second-order valence-electron chi connectivity index (χ2n) is 4.84. The van der Waals surface area contributed by atoms with Crippen LogP contribution in [0.3, 0.4) is 0 Å². The highest BCUT2D eigenvalue weighted by molar-refractivity contribution is 5.74. The Morgan fingerprint density at radius 1 is 1.19 bits per heavy atom. The third-order valence-electron chi connectivity index (χ3n) is 3.72. The summed E-state index contributed by atoms with van der Waals surface area (Å²) in [5, 5.41) is 3.20. The van der Waals surface area contributed by atoms with Crippen molar-refractivity contribution in [1.82, 2.24) is 10.2 Å². The van der Waals surface area contributed by atoms with Crippen molar-refractivity contribution < 1.29 is 4.79 Å². The number of rotatable bonds is 3. The van der Waals surface area contributed by atoms with E-state index in [0.29, 0.717) is 12.0 Å². The highest BCUT2D eigenvalue weighted by Gasteiger charge is 2.22. The average Bonchev–Trinajstić information content (AvgIpc) is 2.46. The van der Waals surface area contributed by atoms with E-state index in [9.17, 15) is 4.79 Å². The zero-order valence-corrected chi connectivity index (χ0v) is 11.0. The fraction of sp³-hybridized carbons (Fsp3) is 0.923. The minimum atomic E-state index is 0.115. The van der Waals surface area contributed by atoms with Gasteiger partial charge in [-0.15, -0.1) is 0 Å². The minimum absolute atomic E-state index is 0.115. The van der Waals surface area contributed by atoms with Crippen LogP contribution in [0.4, 0.5) is 4.79 Å². The molecule has 1 rings (SSSR count). The molecule has 3 heteroatoms. The van der Waals surface area contributed by atoms with Gasteiger partial charge < -0.3 is 10.2 Å². The fourth-order valence-corrected chi connectivity index (χ4v) is 2.47. The van der Waals surface area contributed by atoms with Crippen LogP contribution < -0.4 is 5.32 Å². The summed E-state index contributed by atoms with van der Waals surface area (Å²) < 4.78 is 0. The molecule has 0 aromatic carbocycles. The number of nitrogens with one attached hydrogen (secondary N) is 1. The Balaban J connectivity index is 2.47. The molecule has 1 N–H and O–H groups in total. The monoisotopic (exact) mass is 226 g/mol. The maximum atomic E-state index is 11.9. The lowest BCUT2D eigenvalue weighted by Crippen LogP contribution is -2.46. The molecule has 2 amide bonds. The lowest BCUT2D eigenvalue weighted by atomic mass is 9.97. The number of amides is 2. The Morgan fingerprint density at radius 3 is 2.44 bits per heavy atom. The minimum Gasteiger partial charge on any atom is -0.335 e. The van der Waals surface area contributed by atoms with Gasteiger partial charge in [-0.3, -0.25) is 0 Å². The van der Waals surface area contributed by atoms with Gasteiger partial charge in [-0.2, -0.15) is 0 Å². The molecule has 0 bridgehead atoms. The second kappa shape index (κ2) is 6.77. The third kappa shape index (κ3) is 3.69.